The molecule has 0 spiro atoms. The van der Waals surface area contributed by atoms with Crippen LogP contribution in [0.3, 0.4) is 0 Å². The van der Waals surface area contributed by atoms with Crippen LogP contribution < -0.4 is 5.14 Å². The minimum atomic E-state index is -3.82. The fourth-order valence-corrected chi connectivity index (χ4v) is 2.22. The topological polar surface area (TPSA) is 99.1 Å². The second-order valence-corrected chi connectivity index (χ2v) is 5.10. The van der Waals surface area contributed by atoms with E-state index in [2.05, 4.69) is 10.1 Å². The summed E-state index contributed by atoms with van der Waals surface area (Å²) in [5.41, 5.74) is 1.14. The highest BCUT2D eigenvalue weighted by atomic mass is 32.2. The van der Waals surface area contributed by atoms with Crippen LogP contribution in [0.1, 0.15) is 17.0 Å². The average molecular weight is 253 g/mol. The molecule has 0 aliphatic rings. The Labute approximate surface area is 98.5 Å². The van der Waals surface area contributed by atoms with Gasteiger partial charge in [-0.05, 0) is 18.6 Å². The van der Waals surface area contributed by atoms with Gasteiger partial charge in [-0.25, -0.2) is 18.5 Å². The van der Waals surface area contributed by atoms with Gasteiger partial charge in [0.2, 0.25) is 0 Å². The van der Waals surface area contributed by atoms with Gasteiger partial charge in [0.05, 0.1) is 5.69 Å². The van der Waals surface area contributed by atoms with Crippen molar-refractivity contribution in [3.63, 3.8) is 0 Å². The third-order valence-corrected chi connectivity index (χ3v) is 3.07. The summed E-state index contributed by atoms with van der Waals surface area (Å²) in [5, 5.41) is 8.75. The molecule has 0 unspecified atom stereocenters. The maximum Gasteiger partial charge on any atom is 0.255 e. The largest absolute Gasteiger partial charge is 0.361 e. The van der Waals surface area contributed by atoms with Gasteiger partial charge in [-0.15, -0.1) is 0 Å². The van der Waals surface area contributed by atoms with Crippen LogP contribution in [0.4, 0.5) is 0 Å². The van der Waals surface area contributed by atoms with Crippen molar-refractivity contribution in [3.05, 3.63) is 41.4 Å². The van der Waals surface area contributed by atoms with E-state index in [9.17, 15) is 8.42 Å². The Morgan fingerprint density at radius 1 is 1.47 bits per heavy atom. The molecular formula is C10H11N3O3S. The molecule has 2 N–H and O–H groups in total. The number of aryl methyl sites for hydroxylation is 1. The van der Waals surface area contributed by atoms with Crippen molar-refractivity contribution in [1.82, 2.24) is 10.1 Å². The van der Waals surface area contributed by atoms with E-state index in [1.54, 1.807) is 25.1 Å². The summed E-state index contributed by atoms with van der Waals surface area (Å²) in [5.74, 6) is 0.668. The first-order valence-corrected chi connectivity index (χ1v) is 6.40. The van der Waals surface area contributed by atoms with Gasteiger partial charge in [-0.1, -0.05) is 11.2 Å². The van der Waals surface area contributed by atoms with Crippen LogP contribution in [-0.4, -0.2) is 18.6 Å². The Hall–Kier alpha value is -1.73. The third kappa shape index (κ3) is 2.69. The quantitative estimate of drug-likeness (QED) is 0.864. The number of sulfonamides is 1. The lowest BCUT2D eigenvalue weighted by molar-refractivity contribution is 0.391. The van der Waals surface area contributed by atoms with Crippen LogP contribution in [-0.2, 0) is 16.4 Å². The van der Waals surface area contributed by atoms with E-state index < -0.39 is 10.0 Å². The van der Waals surface area contributed by atoms with E-state index in [1.165, 1.54) is 6.20 Å². The minimum Gasteiger partial charge on any atom is -0.361 e. The lowest BCUT2D eigenvalue weighted by Crippen LogP contribution is -2.16. The van der Waals surface area contributed by atoms with Gasteiger partial charge in [0.1, 0.15) is 5.76 Å². The van der Waals surface area contributed by atoms with Crippen LogP contribution in [0.15, 0.2) is 33.9 Å². The summed E-state index contributed by atoms with van der Waals surface area (Å²) in [7, 11) is -3.82. The number of hydrogen-bond donors (Lipinski definition) is 1. The average Bonchev–Trinajstić information content (AvgIpc) is 2.63. The second-order valence-electron chi connectivity index (χ2n) is 3.62. The smallest absolute Gasteiger partial charge is 0.255 e. The minimum absolute atomic E-state index is 0.124. The number of primary sulfonamides is 1. The normalized spacial score (nSPS) is 11.6. The van der Waals surface area contributed by atoms with Crippen molar-refractivity contribution in [2.75, 3.05) is 0 Å². The van der Waals surface area contributed by atoms with Crippen LogP contribution >= 0.6 is 0 Å². The van der Waals surface area contributed by atoms with E-state index in [-0.39, 0.29) is 5.03 Å². The molecule has 0 aliphatic carbocycles. The molecule has 0 fully saturated rings. The summed E-state index contributed by atoms with van der Waals surface area (Å²) in [6.07, 6.45) is 1.70. The van der Waals surface area contributed by atoms with Crippen molar-refractivity contribution in [3.8, 4) is 0 Å². The molecule has 2 aromatic heterocycles. The van der Waals surface area contributed by atoms with Crippen LogP contribution in [0.5, 0.6) is 0 Å². The van der Waals surface area contributed by atoms with E-state index in [4.69, 9.17) is 9.66 Å². The highest BCUT2D eigenvalue weighted by molar-refractivity contribution is 7.89. The fraction of sp³-hybridized carbons (Fsp3) is 0.200. The number of nitrogens with zero attached hydrogens (tertiary/aromatic N) is 2. The zero-order valence-electron chi connectivity index (χ0n) is 9.12. The van der Waals surface area contributed by atoms with Crippen molar-refractivity contribution in [2.24, 2.45) is 5.14 Å². The molecule has 17 heavy (non-hydrogen) atoms. The molecule has 0 aliphatic heterocycles. The zero-order chi connectivity index (χ0) is 12.5. The van der Waals surface area contributed by atoms with Crippen molar-refractivity contribution in [2.45, 2.75) is 18.4 Å². The van der Waals surface area contributed by atoms with Crippen LogP contribution in [0.25, 0.3) is 0 Å². The van der Waals surface area contributed by atoms with E-state index in [1.807, 2.05) is 0 Å². The van der Waals surface area contributed by atoms with Gasteiger partial charge in [0, 0.05) is 18.7 Å². The number of aromatic nitrogens is 2. The highest BCUT2D eigenvalue weighted by Crippen LogP contribution is 2.15. The Balaban J connectivity index is 2.40. The Morgan fingerprint density at radius 3 is 2.82 bits per heavy atom. The molecule has 0 atom stereocenters. The maximum atomic E-state index is 11.3. The van der Waals surface area contributed by atoms with E-state index >= 15 is 0 Å². The Bertz CT molecular complexity index is 634. The second kappa shape index (κ2) is 4.27. The molecule has 6 nitrogen and oxygen atoms in total. The van der Waals surface area contributed by atoms with Gasteiger partial charge >= 0.3 is 0 Å². The Morgan fingerprint density at radius 2 is 2.24 bits per heavy atom. The van der Waals surface area contributed by atoms with Crippen molar-refractivity contribution >= 4 is 10.0 Å². The van der Waals surface area contributed by atoms with Gasteiger partial charge < -0.3 is 4.52 Å². The number of rotatable bonds is 3. The molecule has 0 amide bonds. The van der Waals surface area contributed by atoms with Gasteiger partial charge in [0.25, 0.3) is 10.0 Å². The molecule has 2 aromatic rings. The molecule has 0 bridgehead atoms. The molecule has 90 valence electrons. The van der Waals surface area contributed by atoms with E-state index in [0.29, 0.717) is 23.4 Å². The first-order chi connectivity index (χ1) is 7.97. The molecule has 0 saturated heterocycles. The van der Waals surface area contributed by atoms with Gasteiger partial charge in [-0.3, -0.25) is 0 Å². The highest BCUT2D eigenvalue weighted by Gasteiger charge is 2.16. The van der Waals surface area contributed by atoms with E-state index in [0.717, 1.165) is 0 Å². The molecule has 0 saturated carbocycles. The third-order valence-electron chi connectivity index (χ3n) is 2.17. The standard InChI is InChI=1S/C10H11N3O3S/c1-7-5-9(13-16-7)6-8-3-2-4-12-10(8)17(11,14)15/h2-5H,6H2,1H3,(H2,11,14,15). The molecule has 0 aromatic carbocycles. The molecule has 2 heterocycles. The van der Waals surface area contributed by atoms with Gasteiger partial charge in [0.15, 0.2) is 5.03 Å². The molecule has 0 radical (unpaired) electrons. The van der Waals surface area contributed by atoms with Crippen molar-refractivity contribution < 1.29 is 12.9 Å². The zero-order valence-corrected chi connectivity index (χ0v) is 9.94. The van der Waals surface area contributed by atoms with Gasteiger partial charge in [-0.2, -0.15) is 0 Å². The SMILES string of the molecule is Cc1cc(Cc2cccnc2S(N)(=O)=O)no1. The summed E-state index contributed by atoms with van der Waals surface area (Å²) >= 11 is 0. The predicted octanol–water partition coefficient (Wildman–Crippen LogP) is 0.616. The summed E-state index contributed by atoms with van der Waals surface area (Å²) in [4.78, 5) is 3.78. The summed E-state index contributed by atoms with van der Waals surface area (Å²) in [6, 6.07) is 5.04. The first kappa shape index (κ1) is 11.7. The predicted molar refractivity (Wildman–Crippen MR) is 59.7 cm³/mol. The lowest BCUT2D eigenvalue weighted by Gasteiger charge is -2.03. The molecule has 7 heteroatoms. The fourth-order valence-electron chi connectivity index (χ4n) is 1.51. The number of hydrogen-bond acceptors (Lipinski definition) is 5. The number of pyridine rings is 1. The first-order valence-electron chi connectivity index (χ1n) is 4.86. The van der Waals surface area contributed by atoms with Crippen LogP contribution in [0.2, 0.25) is 0 Å². The lowest BCUT2D eigenvalue weighted by atomic mass is 10.1. The summed E-state index contributed by atoms with van der Waals surface area (Å²) < 4.78 is 27.6. The summed E-state index contributed by atoms with van der Waals surface area (Å²) in [6.45, 7) is 1.76. The number of nitrogens with two attached hydrogens (primary N) is 1. The Kier molecular flexibility index (Phi) is 2.95. The monoisotopic (exact) mass is 253 g/mol. The molecular weight excluding hydrogens is 242 g/mol. The van der Waals surface area contributed by atoms with Crippen LogP contribution in [0, 0.1) is 6.92 Å². The molecule has 2 rings (SSSR count). The maximum absolute atomic E-state index is 11.3. The van der Waals surface area contributed by atoms with Crippen molar-refractivity contribution in [1.29, 1.82) is 0 Å².